The summed E-state index contributed by atoms with van der Waals surface area (Å²) >= 11 is 0. The maximum atomic E-state index is 5.89. The van der Waals surface area contributed by atoms with Gasteiger partial charge in [0.2, 0.25) is 0 Å². The molecule has 0 saturated carbocycles. The van der Waals surface area contributed by atoms with Crippen molar-refractivity contribution in [2.75, 3.05) is 18.2 Å². The molecule has 1 heterocycles. The molecule has 0 aliphatic carbocycles. The Morgan fingerprint density at radius 3 is 2.89 bits per heavy atom. The first-order valence-electron chi connectivity index (χ1n) is 5.65. The van der Waals surface area contributed by atoms with E-state index < -0.39 is 0 Å². The third-order valence-electron chi connectivity index (χ3n) is 2.55. The monoisotopic (exact) mass is 244 g/mol. The SMILES string of the molecule is COc1ccc(N)c(NCc2ccnc(C)n2)c1. The Bertz CT molecular complexity index is 542. The lowest BCUT2D eigenvalue weighted by Crippen LogP contribution is -2.05. The number of ether oxygens (including phenoxy) is 1. The summed E-state index contributed by atoms with van der Waals surface area (Å²) in [5.41, 5.74) is 8.33. The maximum absolute atomic E-state index is 5.89. The van der Waals surface area contributed by atoms with Crippen molar-refractivity contribution >= 4 is 11.4 Å². The Hall–Kier alpha value is -2.30. The van der Waals surface area contributed by atoms with Crippen LogP contribution < -0.4 is 15.8 Å². The third-order valence-corrected chi connectivity index (χ3v) is 2.55. The molecule has 0 radical (unpaired) electrons. The Labute approximate surface area is 106 Å². The number of aryl methyl sites for hydroxylation is 1. The van der Waals surface area contributed by atoms with Gasteiger partial charge in [0.05, 0.1) is 30.7 Å². The van der Waals surface area contributed by atoms with Crippen molar-refractivity contribution in [2.45, 2.75) is 13.5 Å². The summed E-state index contributed by atoms with van der Waals surface area (Å²) in [6.07, 6.45) is 1.74. The molecule has 0 saturated heterocycles. The van der Waals surface area contributed by atoms with Crippen molar-refractivity contribution < 1.29 is 4.74 Å². The number of hydrogen-bond donors (Lipinski definition) is 2. The minimum atomic E-state index is 0.598. The second kappa shape index (κ2) is 5.35. The lowest BCUT2D eigenvalue weighted by molar-refractivity contribution is 0.415. The van der Waals surface area contributed by atoms with E-state index in [2.05, 4.69) is 15.3 Å². The van der Waals surface area contributed by atoms with E-state index in [1.165, 1.54) is 0 Å². The molecule has 5 nitrogen and oxygen atoms in total. The first-order chi connectivity index (χ1) is 8.69. The van der Waals surface area contributed by atoms with Gasteiger partial charge in [-0.1, -0.05) is 0 Å². The number of rotatable bonds is 4. The first kappa shape index (κ1) is 12.2. The molecular formula is C13H16N4O. The maximum Gasteiger partial charge on any atom is 0.125 e. The minimum absolute atomic E-state index is 0.598. The Morgan fingerprint density at radius 1 is 1.33 bits per heavy atom. The van der Waals surface area contributed by atoms with Gasteiger partial charge in [-0.15, -0.1) is 0 Å². The average Bonchev–Trinajstić information content (AvgIpc) is 2.38. The normalized spacial score (nSPS) is 10.1. The fourth-order valence-electron chi connectivity index (χ4n) is 1.60. The number of nitrogens with two attached hydrogens (primary N) is 1. The Morgan fingerprint density at radius 2 is 2.17 bits per heavy atom. The lowest BCUT2D eigenvalue weighted by atomic mass is 10.2. The van der Waals surface area contributed by atoms with Gasteiger partial charge in [0.1, 0.15) is 11.6 Å². The molecule has 94 valence electrons. The number of nitrogen functional groups attached to an aromatic ring is 1. The summed E-state index contributed by atoms with van der Waals surface area (Å²) in [7, 11) is 1.63. The van der Waals surface area contributed by atoms with Crippen molar-refractivity contribution in [2.24, 2.45) is 0 Å². The fraction of sp³-hybridized carbons (Fsp3) is 0.231. The van der Waals surface area contributed by atoms with Gasteiger partial charge in [-0.25, -0.2) is 9.97 Å². The van der Waals surface area contributed by atoms with E-state index in [9.17, 15) is 0 Å². The third kappa shape index (κ3) is 2.88. The molecule has 2 aromatic rings. The topological polar surface area (TPSA) is 73.1 Å². The number of benzene rings is 1. The van der Waals surface area contributed by atoms with E-state index >= 15 is 0 Å². The molecular weight excluding hydrogens is 228 g/mol. The standard InChI is InChI=1S/C13H16N4O/c1-9-15-6-5-10(17-9)8-16-13-7-11(18-2)3-4-12(13)14/h3-7,16H,8,14H2,1-2H3. The van der Waals surface area contributed by atoms with Crippen LogP contribution in [0.15, 0.2) is 30.5 Å². The van der Waals surface area contributed by atoms with Crippen molar-refractivity contribution in [3.63, 3.8) is 0 Å². The van der Waals surface area contributed by atoms with Crippen molar-refractivity contribution in [1.82, 2.24) is 9.97 Å². The van der Waals surface area contributed by atoms with Crippen LogP contribution in [0, 0.1) is 6.92 Å². The van der Waals surface area contributed by atoms with Gasteiger partial charge in [0.25, 0.3) is 0 Å². The zero-order valence-electron chi connectivity index (χ0n) is 10.5. The number of anilines is 2. The molecule has 5 heteroatoms. The highest BCUT2D eigenvalue weighted by Crippen LogP contribution is 2.24. The Kier molecular flexibility index (Phi) is 3.62. The summed E-state index contributed by atoms with van der Waals surface area (Å²) in [6.45, 7) is 2.46. The molecule has 0 bridgehead atoms. The Balaban J connectivity index is 2.10. The molecule has 0 amide bonds. The molecule has 0 aliphatic rings. The number of methoxy groups -OCH3 is 1. The quantitative estimate of drug-likeness (QED) is 0.805. The van der Waals surface area contributed by atoms with Crippen LogP contribution in [0.3, 0.4) is 0 Å². The number of aromatic nitrogens is 2. The van der Waals surface area contributed by atoms with Crippen LogP contribution in [0.2, 0.25) is 0 Å². The molecule has 0 unspecified atom stereocenters. The van der Waals surface area contributed by atoms with Crippen LogP contribution in [0.5, 0.6) is 5.75 Å². The average molecular weight is 244 g/mol. The number of hydrogen-bond acceptors (Lipinski definition) is 5. The van der Waals surface area contributed by atoms with Gasteiger partial charge >= 0.3 is 0 Å². The zero-order valence-corrected chi connectivity index (χ0v) is 10.5. The molecule has 2 rings (SSSR count). The summed E-state index contributed by atoms with van der Waals surface area (Å²) in [4.78, 5) is 8.37. The summed E-state index contributed by atoms with van der Waals surface area (Å²) in [5.74, 6) is 1.53. The molecule has 0 spiro atoms. The first-order valence-corrected chi connectivity index (χ1v) is 5.65. The largest absolute Gasteiger partial charge is 0.497 e. The van der Waals surface area contributed by atoms with E-state index in [4.69, 9.17) is 10.5 Å². The van der Waals surface area contributed by atoms with Gasteiger partial charge in [0, 0.05) is 12.3 Å². The highest BCUT2D eigenvalue weighted by Gasteiger charge is 2.02. The van der Waals surface area contributed by atoms with Crippen LogP contribution >= 0.6 is 0 Å². The predicted molar refractivity (Wildman–Crippen MR) is 71.5 cm³/mol. The predicted octanol–water partition coefficient (Wildman–Crippen LogP) is 1.99. The highest BCUT2D eigenvalue weighted by molar-refractivity contribution is 5.68. The molecule has 1 aromatic heterocycles. The number of nitrogens with one attached hydrogen (secondary N) is 1. The van der Waals surface area contributed by atoms with Crippen LogP contribution in [-0.2, 0) is 6.54 Å². The van der Waals surface area contributed by atoms with Crippen LogP contribution in [0.25, 0.3) is 0 Å². The van der Waals surface area contributed by atoms with E-state index in [-0.39, 0.29) is 0 Å². The van der Waals surface area contributed by atoms with E-state index in [1.807, 2.05) is 31.2 Å². The minimum Gasteiger partial charge on any atom is -0.497 e. The van der Waals surface area contributed by atoms with Crippen molar-refractivity contribution in [3.05, 3.63) is 42.0 Å². The van der Waals surface area contributed by atoms with Crippen molar-refractivity contribution in [3.8, 4) is 5.75 Å². The van der Waals surface area contributed by atoms with Gasteiger partial charge in [0.15, 0.2) is 0 Å². The van der Waals surface area contributed by atoms with E-state index in [1.54, 1.807) is 13.3 Å². The fourth-order valence-corrected chi connectivity index (χ4v) is 1.60. The van der Waals surface area contributed by atoms with E-state index in [0.29, 0.717) is 12.2 Å². The summed E-state index contributed by atoms with van der Waals surface area (Å²) < 4.78 is 5.16. The van der Waals surface area contributed by atoms with Gasteiger partial charge in [-0.2, -0.15) is 0 Å². The lowest BCUT2D eigenvalue weighted by Gasteiger charge is -2.10. The van der Waals surface area contributed by atoms with Gasteiger partial charge < -0.3 is 15.8 Å². The van der Waals surface area contributed by atoms with Gasteiger partial charge in [-0.3, -0.25) is 0 Å². The highest BCUT2D eigenvalue weighted by atomic mass is 16.5. The second-order valence-corrected chi connectivity index (χ2v) is 3.90. The molecule has 1 aromatic carbocycles. The van der Waals surface area contributed by atoms with Crippen LogP contribution in [-0.4, -0.2) is 17.1 Å². The molecule has 3 N–H and O–H groups in total. The molecule has 0 aliphatic heterocycles. The summed E-state index contributed by atoms with van der Waals surface area (Å²) in [6, 6.07) is 7.38. The van der Waals surface area contributed by atoms with Crippen LogP contribution in [0.4, 0.5) is 11.4 Å². The molecule has 0 atom stereocenters. The van der Waals surface area contributed by atoms with E-state index in [0.717, 1.165) is 23.0 Å². The van der Waals surface area contributed by atoms with Gasteiger partial charge in [-0.05, 0) is 25.1 Å². The van der Waals surface area contributed by atoms with Crippen molar-refractivity contribution in [1.29, 1.82) is 0 Å². The smallest absolute Gasteiger partial charge is 0.125 e. The number of nitrogens with zero attached hydrogens (tertiary/aromatic N) is 2. The summed E-state index contributed by atoms with van der Waals surface area (Å²) in [5, 5.41) is 3.24. The second-order valence-electron chi connectivity index (χ2n) is 3.90. The zero-order chi connectivity index (χ0) is 13.0. The molecule has 0 fully saturated rings. The van der Waals surface area contributed by atoms with Crippen LogP contribution in [0.1, 0.15) is 11.5 Å². The molecule has 18 heavy (non-hydrogen) atoms.